The molecular formula is C15H26N2O4. The van der Waals surface area contributed by atoms with E-state index in [0.29, 0.717) is 13.0 Å². The van der Waals surface area contributed by atoms with Crippen LogP contribution in [-0.4, -0.2) is 60.3 Å². The molecule has 21 heavy (non-hydrogen) atoms. The van der Waals surface area contributed by atoms with E-state index in [1.165, 1.54) is 0 Å². The smallest absolute Gasteiger partial charge is 0.305 e. The van der Waals surface area contributed by atoms with Gasteiger partial charge in [0.15, 0.2) is 0 Å². The molecule has 0 aromatic heterocycles. The lowest BCUT2D eigenvalue weighted by atomic mass is 9.77. The first kappa shape index (κ1) is 16.2. The van der Waals surface area contributed by atoms with Crippen LogP contribution in [0.25, 0.3) is 0 Å². The third-order valence-electron chi connectivity index (χ3n) is 5.03. The summed E-state index contributed by atoms with van der Waals surface area (Å²) in [5.74, 6) is -0.830. The second-order valence-corrected chi connectivity index (χ2v) is 6.31. The molecule has 0 aromatic rings. The molecule has 6 nitrogen and oxygen atoms in total. The molecule has 2 unspecified atom stereocenters. The second-order valence-electron chi connectivity index (χ2n) is 6.31. The highest BCUT2D eigenvalue weighted by molar-refractivity contribution is 5.83. The molecule has 2 atom stereocenters. The molecule has 1 saturated carbocycles. The van der Waals surface area contributed by atoms with Crippen LogP contribution in [0.4, 0.5) is 0 Å². The minimum Gasteiger partial charge on any atom is -0.481 e. The number of likely N-dealkylation sites (N-methyl/N-ethyl adjacent to an activating group) is 1. The number of aliphatic carboxylic acids is 1. The van der Waals surface area contributed by atoms with Crippen molar-refractivity contribution in [1.82, 2.24) is 10.2 Å². The fraction of sp³-hybridized carbons (Fsp3) is 0.867. The summed E-state index contributed by atoms with van der Waals surface area (Å²) in [6.07, 6.45) is 5.42. The first-order valence-electron chi connectivity index (χ1n) is 7.74. The fourth-order valence-corrected chi connectivity index (χ4v) is 3.66. The number of amides is 1. The maximum absolute atomic E-state index is 12.7. The average Bonchev–Trinajstić information content (AvgIpc) is 2.95. The third-order valence-corrected chi connectivity index (χ3v) is 5.03. The first-order valence-corrected chi connectivity index (χ1v) is 7.74. The number of rotatable bonds is 5. The Morgan fingerprint density at radius 2 is 2.00 bits per heavy atom. The van der Waals surface area contributed by atoms with Crippen molar-refractivity contribution < 1.29 is 19.4 Å². The standard InChI is InChI=1S/C15H26N2O4/c1-17(14(20)12-8-11(21-2)10-16-12)15(9-13(18)19)6-4-3-5-7-15/h11-12,16H,3-10H2,1-2H3,(H,18,19). The van der Waals surface area contributed by atoms with Crippen LogP contribution in [0.5, 0.6) is 0 Å². The lowest BCUT2D eigenvalue weighted by molar-refractivity contribution is -0.146. The Labute approximate surface area is 125 Å². The Bertz CT molecular complexity index is 393. The summed E-state index contributed by atoms with van der Waals surface area (Å²) in [5, 5.41) is 12.4. The van der Waals surface area contributed by atoms with Gasteiger partial charge in [-0.1, -0.05) is 19.3 Å². The number of methoxy groups -OCH3 is 1. The van der Waals surface area contributed by atoms with E-state index in [4.69, 9.17) is 4.74 Å². The summed E-state index contributed by atoms with van der Waals surface area (Å²) >= 11 is 0. The Morgan fingerprint density at radius 1 is 1.33 bits per heavy atom. The first-order chi connectivity index (χ1) is 9.98. The van der Waals surface area contributed by atoms with E-state index in [1.54, 1.807) is 19.1 Å². The largest absolute Gasteiger partial charge is 0.481 e. The predicted molar refractivity (Wildman–Crippen MR) is 78.0 cm³/mol. The van der Waals surface area contributed by atoms with Gasteiger partial charge in [-0.05, 0) is 19.3 Å². The van der Waals surface area contributed by atoms with Crippen molar-refractivity contribution in [1.29, 1.82) is 0 Å². The number of ether oxygens (including phenoxy) is 1. The monoisotopic (exact) mass is 298 g/mol. The molecule has 1 amide bonds. The van der Waals surface area contributed by atoms with Crippen molar-refractivity contribution in [3.8, 4) is 0 Å². The minimum atomic E-state index is -0.828. The number of hydrogen-bond donors (Lipinski definition) is 2. The van der Waals surface area contributed by atoms with Gasteiger partial charge < -0.3 is 20.1 Å². The third kappa shape index (κ3) is 3.55. The molecule has 120 valence electrons. The van der Waals surface area contributed by atoms with Gasteiger partial charge in [0.2, 0.25) is 5.91 Å². The van der Waals surface area contributed by atoms with Crippen LogP contribution in [-0.2, 0) is 14.3 Å². The molecule has 2 N–H and O–H groups in total. The van der Waals surface area contributed by atoms with Gasteiger partial charge >= 0.3 is 5.97 Å². The number of nitrogens with zero attached hydrogens (tertiary/aromatic N) is 1. The molecule has 2 rings (SSSR count). The number of carboxylic acids is 1. The predicted octanol–water partition coefficient (Wildman–Crippen LogP) is 0.999. The lowest BCUT2D eigenvalue weighted by Crippen LogP contribution is -2.56. The van der Waals surface area contributed by atoms with Crippen molar-refractivity contribution in [2.45, 2.75) is 62.6 Å². The van der Waals surface area contributed by atoms with E-state index >= 15 is 0 Å². The molecule has 1 aliphatic heterocycles. The molecular weight excluding hydrogens is 272 g/mol. The molecule has 0 spiro atoms. The molecule has 2 fully saturated rings. The average molecular weight is 298 g/mol. The number of carboxylic acid groups (broad SMARTS) is 1. The lowest BCUT2D eigenvalue weighted by Gasteiger charge is -2.44. The molecule has 1 aliphatic carbocycles. The van der Waals surface area contributed by atoms with E-state index in [0.717, 1.165) is 32.1 Å². The molecule has 0 radical (unpaired) electrons. The van der Waals surface area contributed by atoms with Crippen LogP contribution in [0.1, 0.15) is 44.9 Å². The number of hydrogen-bond acceptors (Lipinski definition) is 4. The van der Waals surface area contributed by atoms with Gasteiger partial charge in [0.1, 0.15) is 0 Å². The van der Waals surface area contributed by atoms with E-state index in [9.17, 15) is 14.7 Å². The number of nitrogens with one attached hydrogen (secondary N) is 1. The quantitative estimate of drug-likeness (QED) is 0.791. The summed E-state index contributed by atoms with van der Waals surface area (Å²) < 4.78 is 5.28. The van der Waals surface area contributed by atoms with Crippen LogP contribution in [0.3, 0.4) is 0 Å². The van der Waals surface area contributed by atoms with Gasteiger partial charge in [-0.25, -0.2) is 0 Å². The molecule has 2 aliphatic rings. The van der Waals surface area contributed by atoms with Crippen molar-refractivity contribution >= 4 is 11.9 Å². The minimum absolute atomic E-state index is 0.00213. The van der Waals surface area contributed by atoms with Crippen LogP contribution in [0, 0.1) is 0 Å². The van der Waals surface area contributed by atoms with Crippen LogP contribution >= 0.6 is 0 Å². The van der Waals surface area contributed by atoms with E-state index in [2.05, 4.69) is 5.32 Å². The van der Waals surface area contributed by atoms with Crippen LogP contribution in [0.15, 0.2) is 0 Å². The second kappa shape index (κ2) is 6.75. The molecule has 6 heteroatoms. The highest BCUT2D eigenvalue weighted by Crippen LogP contribution is 2.36. The maximum Gasteiger partial charge on any atom is 0.305 e. The zero-order valence-corrected chi connectivity index (χ0v) is 12.9. The molecule has 0 aromatic carbocycles. The van der Waals surface area contributed by atoms with Gasteiger partial charge in [0, 0.05) is 20.7 Å². The van der Waals surface area contributed by atoms with Gasteiger partial charge in [0.05, 0.1) is 24.1 Å². The highest BCUT2D eigenvalue weighted by atomic mass is 16.5. The summed E-state index contributed by atoms with van der Waals surface area (Å²) in [7, 11) is 3.41. The van der Waals surface area contributed by atoms with Gasteiger partial charge in [-0.15, -0.1) is 0 Å². The van der Waals surface area contributed by atoms with E-state index in [-0.39, 0.29) is 24.5 Å². The molecule has 0 bridgehead atoms. The SMILES string of the molecule is COC1CNC(C(=O)N(C)C2(CC(=O)O)CCCCC2)C1. The topological polar surface area (TPSA) is 78.9 Å². The normalized spacial score (nSPS) is 28.3. The number of carbonyl (C=O) groups is 2. The van der Waals surface area contributed by atoms with Crippen molar-refractivity contribution in [2.24, 2.45) is 0 Å². The summed E-state index contributed by atoms with van der Waals surface area (Å²) in [5.41, 5.74) is -0.520. The van der Waals surface area contributed by atoms with Crippen molar-refractivity contribution in [2.75, 3.05) is 20.7 Å². The summed E-state index contributed by atoms with van der Waals surface area (Å²) in [4.78, 5) is 25.7. The summed E-state index contributed by atoms with van der Waals surface area (Å²) in [6, 6.07) is -0.257. The summed E-state index contributed by atoms with van der Waals surface area (Å²) in [6.45, 7) is 0.673. The number of carbonyl (C=O) groups excluding carboxylic acids is 1. The fourth-order valence-electron chi connectivity index (χ4n) is 3.66. The molecule has 1 heterocycles. The van der Waals surface area contributed by atoms with E-state index < -0.39 is 11.5 Å². The zero-order chi connectivity index (χ0) is 15.5. The zero-order valence-electron chi connectivity index (χ0n) is 12.9. The van der Waals surface area contributed by atoms with Crippen LogP contribution in [0.2, 0.25) is 0 Å². The van der Waals surface area contributed by atoms with Crippen LogP contribution < -0.4 is 5.32 Å². The van der Waals surface area contributed by atoms with Gasteiger partial charge in [-0.2, -0.15) is 0 Å². The highest BCUT2D eigenvalue weighted by Gasteiger charge is 2.43. The van der Waals surface area contributed by atoms with E-state index in [1.807, 2.05) is 0 Å². The van der Waals surface area contributed by atoms with Crippen molar-refractivity contribution in [3.63, 3.8) is 0 Å². The molecule has 1 saturated heterocycles. The van der Waals surface area contributed by atoms with Crippen molar-refractivity contribution in [3.05, 3.63) is 0 Å². The Morgan fingerprint density at radius 3 is 2.52 bits per heavy atom. The van der Waals surface area contributed by atoms with Gasteiger partial charge in [0.25, 0.3) is 0 Å². The maximum atomic E-state index is 12.7. The van der Waals surface area contributed by atoms with Gasteiger partial charge in [-0.3, -0.25) is 9.59 Å². The Kier molecular flexibility index (Phi) is 5.22. The Balaban J connectivity index is 2.08. The Hall–Kier alpha value is -1.14.